The molecule has 1 heterocycles. The molecule has 0 radical (unpaired) electrons. The van der Waals surface area contributed by atoms with E-state index in [1.807, 2.05) is 30.0 Å². The van der Waals surface area contributed by atoms with Crippen molar-refractivity contribution in [1.82, 2.24) is 5.32 Å². The molecule has 1 aliphatic heterocycles. The first-order chi connectivity index (χ1) is 9.74. The molecule has 1 atom stereocenters. The first kappa shape index (κ1) is 15.0. The number of rotatable bonds is 6. The predicted molar refractivity (Wildman–Crippen MR) is 81.7 cm³/mol. The Kier molecular flexibility index (Phi) is 5.59. The number of benzene rings is 1. The molecule has 110 valence electrons. The van der Waals surface area contributed by atoms with Crippen LogP contribution in [-0.4, -0.2) is 37.7 Å². The molecule has 4 nitrogen and oxygen atoms in total. The largest absolute Gasteiger partial charge is 0.497 e. The minimum absolute atomic E-state index is 0.0863. The summed E-state index contributed by atoms with van der Waals surface area (Å²) in [6.45, 7) is 3.28. The molecule has 1 amide bonds. The minimum Gasteiger partial charge on any atom is -0.497 e. The van der Waals surface area contributed by atoms with Gasteiger partial charge in [0.15, 0.2) is 0 Å². The molecule has 1 unspecified atom stereocenters. The monoisotopic (exact) mass is 295 g/mol. The molecule has 1 N–H and O–H groups in total. The Bertz CT molecular complexity index is 464. The van der Waals surface area contributed by atoms with Crippen molar-refractivity contribution in [2.75, 3.05) is 31.8 Å². The van der Waals surface area contributed by atoms with E-state index in [1.54, 1.807) is 7.11 Å². The Hall–Kier alpha value is -1.36. The highest BCUT2D eigenvalue weighted by Crippen LogP contribution is 2.30. The van der Waals surface area contributed by atoms with Crippen LogP contribution in [0.4, 0.5) is 0 Å². The molecular weight excluding hydrogens is 274 g/mol. The molecule has 0 spiro atoms. The zero-order valence-electron chi connectivity index (χ0n) is 12.0. The number of carbonyl (C=O) groups is 1. The van der Waals surface area contributed by atoms with Crippen molar-refractivity contribution in [3.8, 4) is 11.5 Å². The van der Waals surface area contributed by atoms with Gasteiger partial charge in [-0.25, -0.2) is 0 Å². The SMILES string of the molecule is CCSCCNC(=O)C1COc2cc(OC)ccc2C1. The lowest BCUT2D eigenvalue weighted by atomic mass is 9.96. The van der Waals surface area contributed by atoms with Gasteiger partial charge in [-0.3, -0.25) is 4.79 Å². The summed E-state index contributed by atoms with van der Waals surface area (Å²) in [6.07, 6.45) is 0.728. The number of hydrogen-bond acceptors (Lipinski definition) is 4. The normalized spacial score (nSPS) is 17.0. The third-order valence-electron chi connectivity index (χ3n) is 3.30. The molecule has 0 aliphatic carbocycles. The van der Waals surface area contributed by atoms with Crippen LogP contribution >= 0.6 is 11.8 Å². The Morgan fingerprint density at radius 1 is 1.55 bits per heavy atom. The van der Waals surface area contributed by atoms with E-state index in [4.69, 9.17) is 9.47 Å². The van der Waals surface area contributed by atoms with Gasteiger partial charge < -0.3 is 14.8 Å². The van der Waals surface area contributed by atoms with Crippen LogP contribution in [0.3, 0.4) is 0 Å². The highest BCUT2D eigenvalue weighted by Gasteiger charge is 2.25. The summed E-state index contributed by atoms with van der Waals surface area (Å²) in [5.74, 6) is 3.64. The smallest absolute Gasteiger partial charge is 0.226 e. The van der Waals surface area contributed by atoms with Crippen LogP contribution in [0.25, 0.3) is 0 Å². The average Bonchev–Trinajstić information content (AvgIpc) is 2.50. The maximum Gasteiger partial charge on any atom is 0.226 e. The molecule has 0 saturated carbocycles. The standard InChI is InChI=1S/C15H21NO3S/c1-3-20-7-6-16-15(17)12-8-11-4-5-13(18-2)9-14(11)19-10-12/h4-5,9,12H,3,6-8,10H2,1-2H3,(H,16,17). The second-order valence-electron chi connectivity index (χ2n) is 4.67. The average molecular weight is 295 g/mol. The van der Waals surface area contributed by atoms with Crippen LogP contribution in [0.15, 0.2) is 18.2 Å². The molecule has 0 bridgehead atoms. The summed E-state index contributed by atoms with van der Waals surface area (Å²) in [6, 6.07) is 5.75. The van der Waals surface area contributed by atoms with Crippen molar-refractivity contribution < 1.29 is 14.3 Å². The fourth-order valence-corrected chi connectivity index (χ4v) is 2.72. The lowest BCUT2D eigenvalue weighted by Crippen LogP contribution is -2.38. The Morgan fingerprint density at radius 2 is 2.40 bits per heavy atom. The van der Waals surface area contributed by atoms with Crippen LogP contribution in [0.2, 0.25) is 0 Å². The molecule has 20 heavy (non-hydrogen) atoms. The molecular formula is C15H21NO3S. The Labute approximate surface area is 124 Å². The summed E-state index contributed by atoms with van der Waals surface area (Å²) >= 11 is 1.83. The van der Waals surface area contributed by atoms with E-state index in [-0.39, 0.29) is 11.8 Å². The van der Waals surface area contributed by atoms with E-state index in [1.165, 1.54) is 0 Å². The van der Waals surface area contributed by atoms with Crippen molar-refractivity contribution in [2.45, 2.75) is 13.3 Å². The van der Waals surface area contributed by atoms with Crippen molar-refractivity contribution in [3.63, 3.8) is 0 Å². The van der Waals surface area contributed by atoms with E-state index in [0.29, 0.717) is 6.61 Å². The van der Waals surface area contributed by atoms with Gasteiger partial charge in [-0.2, -0.15) is 11.8 Å². The van der Waals surface area contributed by atoms with E-state index >= 15 is 0 Å². The first-order valence-corrected chi connectivity index (χ1v) is 8.05. The summed E-state index contributed by atoms with van der Waals surface area (Å²) in [5.41, 5.74) is 1.07. The van der Waals surface area contributed by atoms with E-state index in [2.05, 4.69) is 12.2 Å². The van der Waals surface area contributed by atoms with Crippen molar-refractivity contribution in [3.05, 3.63) is 23.8 Å². The number of fused-ring (bicyclic) bond motifs is 1. The molecule has 1 aromatic rings. The quantitative estimate of drug-likeness (QED) is 0.817. The van der Waals surface area contributed by atoms with Gasteiger partial charge in [0.1, 0.15) is 18.1 Å². The van der Waals surface area contributed by atoms with E-state index < -0.39 is 0 Å². The van der Waals surface area contributed by atoms with E-state index in [9.17, 15) is 4.79 Å². The molecule has 2 rings (SSSR count). The number of ether oxygens (including phenoxy) is 2. The molecule has 5 heteroatoms. The van der Waals surface area contributed by atoms with Gasteiger partial charge >= 0.3 is 0 Å². The highest BCUT2D eigenvalue weighted by molar-refractivity contribution is 7.99. The van der Waals surface area contributed by atoms with Crippen molar-refractivity contribution >= 4 is 17.7 Å². The summed E-state index contributed by atoms with van der Waals surface area (Å²) in [4.78, 5) is 12.1. The fraction of sp³-hybridized carbons (Fsp3) is 0.533. The highest BCUT2D eigenvalue weighted by atomic mass is 32.2. The van der Waals surface area contributed by atoms with Gasteiger partial charge in [0.2, 0.25) is 5.91 Å². The lowest BCUT2D eigenvalue weighted by molar-refractivity contribution is -0.126. The Balaban J connectivity index is 1.88. The molecule has 1 aromatic carbocycles. The minimum atomic E-state index is -0.0949. The number of hydrogen-bond donors (Lipinski definition) is 1. The molecule has 1 aliphatic rings. The Morgan fingerprint density at radius 3 is 3.15 bits per heavy atom. The first-order valence-electron chi connectivity index (χ1n) is 6.89. The number of carbonyl (C=O) groups excluding carboxylic acids is 1. The number of nitrogens with one attached hydrogen (secondary N) is 1. The van der Waals surface area contributed by atoms with Gasteiger partial charge in [0.25, 0.3) is 0 Å². The maximum atomic E-state index is 12.1. The van der Waals surface area contributed by atoms with Gasteiger partial charge in [0.05, 0.1) is 13.0 Å². The fourth-order valence-electron chi connectivity index (χ4n) is 2.18. The summed E-state index contributed by atoms with van der Waals surface area (Å²) in [5, 5.41) is 2.98. The zero-order valence-corrected chi connectivity index (χ0v) is 12.8. The van der Waals surface area contributed by atoms with Gasteiger partial charge in [-0.05, 0) is 23.8 Å². The van der Waals surface area contributed by atoms with Gasteiger partial charge in [-0.15, -0.1) is 0 Å². The van der Waals surface area contributed by atoms with Crippen molar-refractivity contribution in [2.24, 2.45) is 5.92 Å². The van der Waals surface area contributed by atoms with E-state index in [0.717, 1.165) is 41.5 Å². The molecule has 0 aromatic heterocycles. The van der Waals surface area contributed by atoms with Gasteiger partial charge in [0, 0.05) is 18.4 Å². The maximum absolute atomic E-state index is 12.1. The van der Waals surface area contributed by atoms with Crippen LogP contribution in [0.1, 0.15) is 12.5 Å². The van der Waals surface area contributed by atoms with Crippen LogP contribution in [0.5, 0.6) is 11.5 Å². The second-order valence-corrected chi connectivity index (χ2v) is 6.07. The zero-order chi connectivity index (χ0) is 14.4. The van der Waals surface area contributed by atoms with Crippen LogP contribution in [-0.2, 0) is 11.2 Å². The molecule has 0 saturated heterocycles. The van der Waals surface area contributed by atoms with Crippen molar-refractivity contribution in [1.29, 1.82) is 0 Å². The predicted octanol–water partition coefficient (Wildman–Crippen LogP) is 2.12. The number of thioether (sulfide) groups is 1. The molecule has 0 fully saturated rings. The summed E-state index contributed by atoms with van der Waals surface area (Å²) < 4.78 is 10.9. The van der Waals surface area contributed by atoms with Crippen LogP contribution in [0, 0.1) is 5.92 Å². The van der Waals surface area contributed by atoms with Gasteiger partial charge in [-0.1, -0.05) is 13.0 Å². The second kappa shape index (κ2) is 7.43. The topological polar surface area (TPSA) is 47.6 Å². The lowest BCUT2D eigenvalue weighted by Gasteiger charge is -2.25. The third-order valence-corrected chi connectivity index (χ3v) is 4.20. The summed E-state index contributed by atoms with van der Waals surface area (Å²) in [7, 11) is 1.63. The number of amides is 1. The number of methoxy groups -OCH3 is 1. The van der Waals surface area contributed by atoms with Crippen LogP contribution < -0.4 is 14.8 Å². The third kappa shape index (κ3) is 3.82.